The number of benzene rings is 1. The van der Waals surface area contributed by atoms with E-state index in [-0.39, 0.29) is 0 Å². The lowest BCUT2D eigenvalue weighted by molar-refractivity contribution is 0.491. The third-order valence-electron chi connectivity index (χ3n) is 4.66. The molecule has 0 aliphatic carbocycles. The van der Waals surface area contributed by atoms with Crippen LogP contribution in [0.4, 0.5) is 0 Å². The van der Waals surface area contributed by atoms with Crippen LogP contribution in [0.1, 0.15) is 51.4 Å². The highest BCUT2D eigenvalue weighted by Gasteiger charge is 2.07. The van der Waals surface area contributed by atoms with Crippen molar-refractivity contribution in [3.05, 3.63) is 54.1 Å². The first-order valence-electron chi connectivity index (χ1n) is 10.1. The van der Waals surface area contributed by atoms with Gasteiger partial charge in [-0.15, -0.1) is 0 Å². The Kier molecular flexibility index (Phi) is 8.89. The van der Waals surface area contributed by atoms with Gasteiger partial charge in [-0.05, 0) is 24.8 Å². The second-order valence-electron chi connectivity index (χ2n) is 7.58. The Morgan fingerprint density at radius 1 is 1.15 bits per heavy atom. The molecule has 5 nitrogen and oxygen atoms in total. The molecule has 1 aromatic carbocycles. The fraction of sp³-hybridized carbons (Fsp3) is 0.545. The molecule has 27 heavy (non-hydrogen) atoms. The molecular formula is C22H35N5. The zero-order chi connectivity index (χ0) is 19.5. The molecule has 1 atom stereocenters. The zero-order valence-corrected chi connectivity index (χ0v) is 17.3. The van der Waals surface area contributed by atoms with Crippen LogP contribution in [0, 0.1) is 5.92 Å². The van der Waals surface area contributed by atoms with Crippen LogP contribution in [0.3, 0.4) is 0 Å². The normalized spacial score (nSPS) is 13.0. The van der Waals surface area contributed by atoms with E-state index in [1.54, 1.807) is 0 Å². The monoisotopic (exact) mass is 369 g/mol. The van der Waals surface area contributed by atoms with Crippen molar-refractivity contribution in [1.29, 1.82) is 0 Å². The van der Waals surface area contributed by atoms with Gasteiger partial charge in [0.2, 0.25) is 0 Å². The SMILES string of the molecule is CN=C(NCCc1nccn1Cc1ccccc1)NC(C)CCCC(C)C. The molecule has 2 aromatic rings. The lowest BCUT2D eigenvalue weighted by Crippen LogP contribution is -2.43. The van der Waals surface area contributed by atoms with Crippen molar-refractivity contribution in [2.75, 3.05) is 13.6 Å². The van der Waals surface area contributed by atoms with E-state index >= 15 is 0 Å². The Balaban J connectivity index is 1.75. The number of hydrogen-bond donors (Lipinski definition) is 2. The molecule has 5 heteroatoms. The van der Waals surface area contributed by atoms with Gasteiger partial charge in [0.15, 0.2) is 5.96 Å². The summed E-state index contributed by atoms with van der Waals surface area (Å²) in [6.07, 6.45) is 8.48. The first-order chi connectivity index (χ1) is 13.1. The molecule has 0 spiro atoms. The Morgan fingerprint density at radius 3 is 2.63 bits per heavy atom. The highest BCUT2D eigenvalue weighted by Crippen LogP contribution is 2.08. The average Bonchev–Trinajstić information content (AvgIpc) is 3.08. The van der Waals surface area contributed by atoms with Crippen LogP contribution in [-0.2, 0) is 13.0 Å². The Bertz CT molecular complexity index is 675. The molecule has 148 valence electrons. The van der Waals surface area contributed by atoms with Gasteiger partial charge < -0.3 is 15.2 Å². The summed E-state index contributed by atoms with van der Waals surface area (Å²) in [5.41, 5.74) is 1.29. The standard InChI is InChI=1S/C22H35N5/c1-18(2)9-8-10-19(3)26-22(23-4)25-14-13-21-24-15-16-27(21)17-20-11-6-5-7-12-20/h5-7,11-12,15-16,18-19H,8-10,13-14,17H2,1-4H3,(H2,23,25,26). The van der Waals surface area contributed by atoms with Crippen molar-refractivity contribution in [2.45, 2.75) is 59.0 Å². The predicted octanol–water partition coefficient (Wildman–Crippen LogP) is 3.85. The molecule has 1 heterocycles. The van der Waals surface area contributed by atoms with Crippen molar-refractivity contribution < 1.29 is 0 Å². The summed E-state index contributed by atoms with van der Waals surface area (Å²) in [6, 6.07) is 10.9. The third kappa shape index (κ3) is 7.85. The van der Waals surface area contributed by atoms with Gasteiger partial charge in [0.25, 0.3) is 0 Å². The molecule has 1 unspecified atom stereocenters. The van der Waals surface area contributed by atoms with E-state index < -0.39 is 0 Å². The van der Waals surface area contributed by atoms with E-state index in [4.69, 9.17) is 0 Å². The second-order valence-corrected chi connectivity index (χ2v) is 7.58. The van der Waals surface area contributed by atoms with E-state index in [2.05, 4.69) is 70.2 Å². The van der Waals surface area contributed by atoms with Gasteiger partial charge in [0.05, 0.1) is 0 Å². The molecular weight excluding hydrogens is 334 g/mol. The van der Waals surface area contributed by atoms with Crippen LogP contribution in [0.15, 0.2) is 47.7 Å². The van der Waals surface area contributed by atoms with E-state index in [0.29, 0.717) is 6.04 Å². The summed E-state index contributed by atoms with van der Waals surface area (Å²) in [5.74, 6) is 2.73. The maximum atomic E-state index is 4.52. The largest absolute Gasteiger partial charge is 0.356 e. The molecule has 0 bridgehead atoms. The third-order valence-corrected chi connectivity index (χ3v) is 4.66. The summed E-state index contributed by atoms with van der Waals surface area (Å²) in [4.78, 5) is 8.86. The van der Waals surface area contributed by atoms with Crippen molar-refractivity contribution >= 4 is 5.96 Å². The molecule has 0 amide bonds. The summed E-state index contributed by atoms with van der Waals surface area (Å²) in [7, 11) is 1.83. The minimum atomic E-state index is 0.426. The Labute approximate surface area is 164 Å². The predicted molar refractivity (Wildman–Crippen MR) is 114 cm³/mol. The average molecular weight is 370 g/mol. The van der Waals surface area contributed by atoms with E-state index in [9.17, 15) is 0 Å². The van der Waals surface area contributed by atoms with Gasteiger partial charge in [-0.1, -0.05) is 57.0 Å². The zero-order valence-electron chi connectivity index (χ0n) is 17.3. The van der Waals surface area contributed by atoms with Crippen LogP contribution < -0.4 is 10.6 Å². The number of rotatable bonds is 10. The van der Waals surface area contributed by atoms with Gasteiger partial charge >= 0.3 is 0 Å². The number of imidazole rings is 1. The number of guanidine groups is 1. The van der Waals surface area contributed by atoms with Crippen LogP contribution >= 0.6 is 0 Å². The Hall–Kier alpha value is -2.30. The maximum absolute atomic E-state index is 4.52. The van der Waals surface area contributed by atoms with E-state index in [1.165, 1.54) is 24.8 Å². The van der Waals surface area contributed by atoms with Gasteiger partial charge in [0, 0.05) is 45.0 Å². The molecule has 0 fully saturated rings. The van der Waals surface area contributed by atoms with Crippen molar-refractivity contribution in [2.24, 2.45) is 10.9 Å². The lowest BCUT2D eigenvalue weighted by atomic mass is 10.0. The second kappa shape index (κ2) is 11.4. The van der Waals surface area contributed by atoms with E-state index in [1.807, 2.05) is 25.5 Å². The minimum absolute atomic E-state index is 0.426. The van der Waals surface area contributed by atoms with Crippen molar-refractivity contribution in [1.82, 2.24) is 20.2 Å². The first-order valence-corrected chi connectivity index (χ1v) is 10.1. The quantitative estimate of drug-likeness (QED) is 0.494. The lowest BCUT2D eigenvalue weighted by Gasteiger charge is -2.18. The first kappa shape index (κ1) is 21.0. The van der Waals surface area contributed by atoms with E-state index in [0.717, 1.165) is 37.2 Å². The topological polar surface area (TPSA) is 54.2 Å². The van der Waals surface area contributed by atoms with Crippen LogP contribution in [-0.4, -0.2) is 35.1 Å². The molecule has 1 aromatic heterocycles. The molecule has 2 N–H and O–H groups in total. The minimum Gasteiger partial charge on any atom is -0.356 e. The molecule has 0 radical (unpaired) electrons. The molecule has 0 aliphatic heterocycles. The summed E-state index contributed by atoms with van der Waals surface area (Å²) >= 11 is 0. The fourth-order valence-electron chi connectivity index (χ4n) is 3.12. The highest BCUT2D eigenvalue weighted by atomic mass is 15.2. The molecule has 0 saturated carbocycles. The maximum Gasteiger partial charge on any atom is 0.191 e. The fourth-order valence-corrected chi connectivity index (χ4v) is 3.12. The molecule has 2 rings (SSSR count). The number of aliphatic imine (C=N–C) groups is 1. The highest BCUT2D eigenvalue weighted by molar-refractivity contribution is 5.79. The van der Waals surface area contributed by atoms with Crippen molar-refractivity contribution in [3.63, 3.8) is 0 Å². The van der Waals surface area contributed by atoms with Crippen LogP contribution in [0.2, 0.25) is 0 Å². The van der Waals surface area contributed by atoms with Crippen LogP contribution in [0.25, 0.3) is 0 Å². The molecule has 0 aliphatic rings. The van der Waals surface area contributed by atoms with Gasteiger partial charge in [-0.2, -0.15) is 0 Å². The number of aromatic nitrogens is 2. The summed E-state index contributed by atoms with van der Waals surface area (Å²) in [5, 5.41) is 6.90. The molecule has 0 saturated heterocycles. The summed E-state index contributed by atoms with van der Waals surface area (Å²) < 4.78 is 2.21. The van der Waals surface area contributed by atoms with Gasteiger partial charge in [-0.25, -0.2) is 4.98 Å². The van der Waals surface area contributed by atoms with Gasteiger partial charge in [-0.3, -0.25) is 4.99 Å². The Morgan fingerprint density at radius 2 is 1.93 bits per heavy atom. The van der Waals surface area contributed by atoms with Crippen molar-refractivity contribution in [3.8, 4) is 0 Å². The number of nitrogens with one attached hydrogen (secondary N) is 2. The smallest absolute Gasteiger partial charge is 0.191 e. The number of nitrogens with zero attached hydrogens (tertiary/aromatic N) is 3. The number of hydrogen-bond acceptors (Lipinski definition) is 2. The van der Waals surface area contributed by atoms with Crippen LogP contribution in [0.5, 0.6) is 0 Å². The summed E-state index contributed by atoms with van der Waals surface area (Å²) in [6.45, 7) is 8.44. The van der Waals surface area contributed by atoms with Gasteiger partial charge in [0.1, 0.15) is 5.82 Å².